The van der Waals surface area contributed by atoms with Crippen LogP contribution >= 0.6 is 11.8 Å². The van der Waals surface area contributed by atoms with Gasteiger partial charge in [-0.1, -0.05) is 19.1 Å². The molecule has 1 heterocycles. The topological polar surface area (TPSA) is 18.5 Å². The molecule has 0 N–H and O–H groups in total. The summed E-state index contributed by atoms with van der Waals surface area (Å²) in [6.45, 7) is 2.13. The highest BCUT2D eigenvalue weighted by Gasteiger charge is 2.22. The van der Waals surface area contributed by atoms with Crippen LogP contribution in [0.2, 0.25) is 0 Å². The fourth-order valence-electron chi connectivity index (χ4n) is 1.23. The van der Waals surface area contributed by atoms with Gasteiger partial charge >= 0.3 is 0 Å². The molecule has 0 spiro atoms. The molecule has 1 aromatic rings. The van der Waals surface area contributed by atoms with Crippen LogP contribution in [0.4, 0.5) is 0 Å². The van der Waals surface area contributed by atoms with Crippen LogP contribution in [0.3, 0.4) is 0 Å². The molecule has 13 heavy (non-hydrogen) atoms. The van der Waals surface area contributed by atoms with Crippen LogP contribution in [0, 0.1) is 0 Å². The average Bonchev–Trinajstić information content (AvgIpc) is 2.57. The first-order valence-electron chi connectivity index (χ1n) is 4.40. The molecule has 2 rings (SSSR count). The number of hydrogen-bond acceptors (Lipinski definition) is 3. The van der Waals surface area contributed by atoms with Crippen LogP contribution < -0.4 is 9.47 Å². The van der Waals surface area contributed by atoms with Crippen molar-refractivity contribution in [2.45, 2.75) is 13.2 Å². The fourth-order valence-corrected chi connectivity index (χ4v) is 1.80. The van der Waals surface area contributed by atoms with E-state index in [1.54, 1.807) is 0 Å². The molecule has 0 aliphatic carbocycles. The first-order chi connectivity index (χ1) is 6.40. The van der Waals surface area contributed by atoms with Crippen molar-refractivity contribution in [3.8, 4) is 11.5 Å². The van der Waals surface area contributed by atoms with Gasteiger partial charge in [-0.15, -0.1) is 0 Å². The van der Waals surface area contributed by atoms with Crippen molar-refractivity contribution in [2.24, 2.45) is 0 Å². The second-order valence-corrected chi connectivity index (χ2v) is 4.09. The molecular weight excluding hydrogens is 184 g/mol. The van der Waals surface area contributed by atoms with Gasteiger partial charge in [0.2, 0.25) is 6.29 Å². The number of benzene rings is 1. The van der Waals surface area contributed by atoms with Crippen molar-refractivity contribution in [1.29, 1.82) is 0 Å². The molecule has 0 fully saturated rings. The van der Waals surface area contributed by atoms with Crippen LogP contribution in [0.25, 0.3) is 0 Å². The Morgan fingerprint density at radius 2 is 1.85 bits per heavy atom. The summed E-state index contributed by atoms with van der Waals surface area (Å²) in [5.74, 6) is 3.72. The number of rotatable bonds is 3. The van der Waals surface area contributed by atoms with Gasteiger partial charge in [0.15, 0.2) is 11.5 Å². The quantitative estimate of drug-likeness (QED) is 0.740. The first-order valence-corrected chi connectivity index (χ1v) is 5.55. The summed E-state index contributed by atoms with van der Waals surface area (Å²) in [4.78, 5) is 0. The normalized spacial score (nSPS) is 14.8. The zero-order valence-corrected chi connectivity index (χ0v) is 8.34. The van der Waals surface area contributed by atoms with E-state index in [1.165, 1.54) is 0 Å². The van der Waals surface area contributed by atoms with Crippen LogP contribution in [0.1, 0.15) is 6.92 Å². The Hall–Kier alpha value is -0.830. The lowest BCUT2D eigenvalue weighted by Crippen LogP contribution is -2.20. The second-order valence-electron chi connectivity index (χ2n) is 2.77. The summed E-state index contributed by atoms with van der Waals surface area (Å²) in [7, 11) is 0. The maximum absolute atomic E-state index is 5.57. The highest BCUT2D eigenvalue weighted by Crippen LogP contribution is 2.34. The molecule has 0 saturated carbocycles. The molecule has 1 aliphatic heterocycles. The Labute approximate surface area is 82.2 Å². The van der Waals surface area contributed by atoms with Crippen LogP contribution in [0.15, 0.2) is 24.3 Å². The monoisotopic (exact) mass is 196 g/mol. The molecule has 3 heteroatoms. The predicted molar refractivity (Wildman–Crippen MR) is 54.5 cm³/mol. The average molecular weight is 196 g/mol. The standard InChI is InChI=1S/C10H12O2S/c1-2-13-7-10-11-8-5-3-4-6-9(8)12-10/h3-6,10H,2,7H2,1H3. The summed E-state index contributed by atoms with van der Waals surface area (Å²) < 4.78 is 11.1. The van der Waals surface area contributed by atoms with Crippen LogP contribution in [-0.2, 0) is 0 Å². The maximum Gasteiger partial charge on any atom is 0.250 e. The molecule has 0 atom stereocenters. The van der Waals surface area contributed by atoms with E-state index in [2.05, 4.69) is 6.92 Å². The number of para-hydroxylation sites is 2. The third kappa shape index (κ3) is 1.91. The van der Waals surface area contributed by atoms with Crippen molar-refractivity contribution in [3.63, 3.8) is 0 Å². The highest BCUT2D eigenvalue weighted by molar-refractivity contribution is 7.99. The first kappa shape index (κ1) is 8.75. The molecule has 0 unspecified atom stereocenters. The minimum Gasteiger partial charge on any atom is -0.450 e. The number of fused-ring (bicyclic) bond motifs is 1. The lowest BCUT2D eigenvalue weighted by atomic mass is 10.3. The molecule has 0 saturated heterocycles. The van der Waals surface area contributed by atoms with Crippen molar-refractivity contribution in [1.82, 2.24) is 0 Å². The predicted octanol–water partition coefficient (Wildman–Crippen LogP) is 2.54. The Bertz CT molecular complexity index is 263. The van der Waals surface area contributed by atoms with E-state index >= 15 is 0 Å². The lowest BCUT2D eigenvalue weighted by Gasteiger charge is -2.08. The van der Waals surface area contributed by atoms with Gasteiger partial charge in [0, 0.05) is 0 Å². The van der Waals surface area contributed by atoms with E-state index in [9.17, 15) is 0 Å². The minimum absolute atomic E-state index is 0.0950. The van der Waals surface area contributed by atoms with Gasteiger partial charge < -0.3 is 9.47 Å². The van der Waals surface area contributed by atoms with Crippen LogP contribution in [0.5, 0.6) is 11.5 Å². The van der Waals surface area contributed by atoms with Gasteiger partial charge in [0.05, 0.1) is 5.75 Å². The largest absolute Gasteiger partial charge is 0.450 e. The van der Waals surface area contributed by atoms with E-state index < -0.39 is 0 Å². The van der Waals surface area contributed by atoms with E-state index in [0.717, 1.165) is 23.0 Å². The summed E-state index contributed by atoms with van der Waals surface area (Å²) in [5, 5.41) is 0. The van der Waals surface area contributed by atoms with E-state index in [0.29, 0.717) is 0 Å². The SMILES string of the molecule is CCSCC1Oc2ccccc2O1. The molecule has 0 aromatic heterocycles. The zero-order valence-electron chi connectivity index (χ0n) is 7.53. The molecule has 1 aliphatic rings. The summed E-state index contributed by atoms with van der Waals surface area (Å²) in [6, 6.07) is 7.78. The summed E-state index contributed by atoms with van der Waals surface area (Å²) >= 11 is 1.83. The van der Waals surface area contributed by atoms with E-state index in [1.807, 2.05) is 36.0 Å². The van der Waals surface area contributed by atoms with Crippen LogP contribution in [-0.4, -0.2) is 17.8 Å². The van der Waals surface area contributed by atoms with Gasteiger partial charge in [-0.3, -0.25) is 0 Å². The molecule has 1 aromatic carbocycles. The third-order valence-electron chi connectivity index (χ3n) is 1.82. The Morgan fingerprint density at radius 3 is 2.38 bits per heavy atom. The van der Waals surface area contributed by atoms with Crippen molar-refractivity contribution >= 4 is 11.8 Å². The number of thioether (sulfide) groups is 1. The lowest BCUT2D eigenvalue weighted by molar-refractivity contribution is 0.0724. The maximum atomic E-state index is 5.57. The second kappa shape index (κ2) is 3.92. The Morgan fingerprint density at radius 1 is 1.23 bits per heavy atom. The fraction of sp³-hybridized carbons (Fsp3) is 0.400. The Kier molecular flexibility index (Phi) is 2.64. The number of ether oxygens (including phenoxy) is 2. The van der Waals surface area contributed by atoms with Crippen molar-refractivity contribution < 1.29 is 9.47 Å². The molecule has 0 radical (unpaired) electrons. The molecular formula is C10H12O2S. The molecule has 70 valence electrons. The van der Waals surface area contributed by atoms with Gasteiger partial charge in [-0.25, -0.2) is 0 Å². The van der Waals surface area contributed by atoms with E-state index in [4.69, 9.17) is 9.47 Å². The summed E-state index contributed by atoms with van der Waals surface area (Å²) in [6.07, 6.45) is -0.0950. The Balaban J connectivity index is 1.97. The van der Waals surface area contributed by atoms with Gasteiger partial charge in [-0.05, 0) is 17.9 Å². The molecule has 2 nitrogen and oxygen atoms in total. The third-order valence-corrected chi connectivity index (χ3v) is 2.74. The molecule has 0 amide bonds. The van der Waals surface area contributed by atoms with Gasteiger partial charge in [0.25, 0.3) is 0 Å². The molecule has 0 bridgehead atoms. The van der Waals surface area contributed by atoms with E-state index in [-0.39, 0.29) is 6.29 Å². The minimum atomic E-state index is -0.0950. The van der Waals surface area contributed by atoms with Gasteiger partial charge in [0.1, 0.15) is 0 Å². The number of hydrogen-bond donors (Lipinski definition) is 0. The zero-order chi connectivity index (χ0) is 9.10. The van der Waals surface area contributed by atoms with Gasteiger partial charge in [-0.2, -0.15) is 11.8 Å². The van der Waals surface area contributed by atoms with Crippen molar-refractivity contribution in [3.05, 3.63) is 24.3 Å². The van der Waals surface area contributed by atoms with Crippen molar-refractivity contribution in [2.75, 3.05) is 11.5 Å². The smallest absolute Gasteiger partial charge is 0.250 e. The summed E-state index contributed by atoms with van der Waals surface area (Å²) in [5.41, 5.74) is 0. The highest BCUT2D eigenvalue weighted by atomic mass is 32.2.